The Morgan fingerprint density at radius 1 is 1.30 bits per heavy atom. The molecule has 1 N–H and O–H groups in total. The number of thiazole rings is 1. The van der Waals surface area contributed by atoms with Gasteiger partial charge in [-0.05, 0) is 38.5 Å². The Kier molecular flexibility index (Phi) is 4.32. The fraction of sp³-hybridized carbons (Fsp3) is 0.812. The van der Waals surface area contributed by atoms with Crippen molar-refractivity contribution in [1.29, 1.82) is 0 Å². The van der Waals surface area contributed by atoms with E-state index < -0.39 is 0 Å². The quantitative estimate of drug-likeness (QED) is 0.791. The van der Waals surface area contributed by atoms with E-state index in [2.05, 4.69) is 31.0 Å². The summed E-state index contributed by atoms with van der Waals surface area (Å²) in [5, 5.41) is 4.83. The summed E-state index contributed by atoms with van der Waals surface area (Å²) in [5.74, 6) is 1.68. The molecule has 1 heterocycles. The molecule has 1 aromatic rings. The Morgan fingerprint density at radius 3 is 2.60 bits per heavy atom. The van der Waals surface area contributed by atoms with E-state index in [9.17, 15) is 0 Å². The maximum Gasteiger partial charge on any atom is 0.185 e. The second-order valence-electron chi connectivity index (χ2n) is 6.60. The van der Waals surface area contributed by atoms with E-state index >= 15 is 0 Å². The first-order valence-electron chi connectivity index (χ1n) is 8.15. The van der Waals surface area contributed by atoms with Gasteiger partial charge in [-0.1, -0.05) is 13.8 Å². The van der Waals surface area contributed by atoms with Crippen molar-refractivity contribution in [3.63, 3.8) is 0 Å². The molecule has 112 valence electrons. The van der Waals surface area contributed by atoms with Crippen molar-refractivity contribution >= 4 is 16.5 Å². The molecule has 20 heavy (non-hydrogen) atoms. The van der Waals surface area contributed by atoms with Gasteiger partial charge in [-0.15, -0.1) is 11.3 Å². The van der Waals surface area contributed by atoms with Crippen molar-refractivity contribution in [2.24, 2.45) is 5.92 Å². The molecule has 0 saturated heterocycles. The Hall–Kier alpha value is -0.610. The topological polar surface area (TPSA) is 28.2 Å². The van der Waals surface area contributed by atoms with Crippen LogP contribution in [-0.4, -0.2) is 24.1 Å². The summed E-state index contributed by atoms with van der Waals surface area (Å²) in [6.45, 7) is 9.97. The average Bonchev–Trinajstić information content (AvgIpc) is 3.33. The zero-order valence-corrected chi connectivity index (χ0v) is 13.8. The fourth-order valence-electron chi connectivity index (χ4n) is 2.54. The van der Waals surface area contributed by atoms with Crippen LogP contribution in [0.25, 0.3) is 0 Å². The highest BCUT2D eigenvalue weighted by molar-refractivity contribution is 7.15. The van der Waals surface area contributed by atoms with Crippen molar-refractivity contribution in [1.82, 2.24) is 10.3 Å². The van der Waals surface area contributed by atoms with Gasteiger partial charge in [0.1, 0.15) is 0 Å². The summed E-state index contributed by atoms with van der Waals surface area (Å²) in [5.41, 5.74) is 1.40. The first-order valence-corrected chi connectivity index (χ1v) is 8.97. The molecule has 2 aliphatic rings. The summed E-state index contributed by atoms with van der Waals surface area (Å²) in [7, 11) is 0. The highest BCUT2D eigenvalue weighted by Crippen LogP contribution is 2.44. The van der Waals surface area contributed by atoms with Crippen LogP contribution in [0.4, 0.5) is 5.13 Å². The van der Waals surface area contributed by atoms with Gasteiger partial charge in [-0.3, -0.25) is 0 Å². The maximum absolute atomic E-state index is 5.01. The van der Waals surface area contributed by atoms with Crippen molar-refractivity contribution < 1.29 is 0 Å². The third kappa shape index (κ3) is 3.53. The Balaban J connectivity index is 1.74. The number of rotatable bonds is 8. The van der Waals surface area contributed by atoms with E-state index in [1.54, 1.807) is 0 Å². The molecular formula is C16H27N3S. The molecule has 1 aromatic heterocycles. The predicted molar refractivity (Wildman–Crippen MR) is 86.7 cm³/mol. The lowest BCUT2D eigenvalue weighted by Gasteiger charge is -2.19. The van der Waals surface area contributed by atoms with E-state index in [0.29, 0.717) is 6.04 Å². The first kappa shape index (κ1) is 14.3. The number of anilines is 1. The van der Waals surface area contributed by atoms with E-state index in [4.69, 9.17) is 4.98 Å². The van der Waals surface area contributed by atoms with Gasteiger partial charge in [0.2, 0.25) is 0 Å². The smallest absolute Gasteiger partial charge is 0.185 e. The summed E-state index contributed by atoms with van der Waals surface area (Å²) >= 11 is 1.92. The lowest BCUT2D eigenvalue weighted by atomic mass is 10.2. The SMILES string of the molecule is CCN(CC1CC1)c1nc(C2CC2)c(CNC(C)C)s1. The Labute approximate surface area is 126 Å². The summed E-state index contributed by atoms with van der Waals surface area (Å²) in [6, 6.07) is 0.543. The molecule has 0 radical (unpaired) electrons. The average molecular weight is 293 g/mol. The molecular weight excluding hydrogens is 266 g/mol. The largest absolute Gasteiger partial charge is 0.348 e. The molecule has 0 bridgehead atoms. The number of aromatic nitrogens is 1. The fourth-order valence-corrected chi connectivity index (χ4v) is 3.71. The lowest BCUT2D eigenvalue weighted by Crippen LogP contribution is -2.24. The first-order chi connectivity index (χ1) is 9.67. The number of hydrogen-bond donors (Lipinski definition) is 1. The molecule has 2 saturated carbocycles. The summed E-state index contributed by atoms with van der Waals surface area (Å²) in [6.07, 6.45) is 5.51. The molecule has 4 heteroatoms. The van der Waals surface area contributed by atoms with Crippen LogP contribution in [0.15, 0.2) is 0 Å². The van der Waals surface area contributed by atoms with Crippen LogP contribution in [0.1, 0.15) is 62.9 Å². The van der Waals surface area contributed by atoms with Gasteiger partial charge in [0.05, 0.1) is 5.69 Å². The van der Waals surface area contributed by atoms with E-state index in [0.717, 1.165) is 24.9 Å². The molecule has 3 rings (SSSR count). The normalized spacial score (nSPS) is 18.8. The van der Waals surface area contributed by atoms with Gasteiger partial charge in [-0.2, -0.15) is 0 Å². The standard InChI is InChI=1S/C16H27N3S/c1-4-19(10-12-5-6-12)16-18-15(13-7-8-13)14(20-16)9-17-11(2)3/h11-13,17H,4-10H2,1-3H3. The minimum absolute atomic E-state index is 0.543. The van der Waals surface area contributed by atoms with Crippen molar-refractivity contribution in [2.75, 3.05) is 18.0 Å². The number of nitrogens with one attached hydrogen (secondary N) is 1. The van der Waals surface area contributed by atoms with Crippen LogP contribution in [0.5, 0.6) is 0 Å². The zero-order chi connectivity index (χ0) is 14.1. The van der Waals surface area contributed by atoms with Crippen LogP contribution in [0, 0.1) is 5.92 Å². The predicted octanol–water partition coefficient (Wildman–Crippen LogP) is 3.75. The molecule has 2 aliphatic carbocycles. The van der Waals surface area contributed by atoms with Gasteiger partial charge < -0.3 is 10.2 Å². The molecule has 0 spiro atoms. The molecule has 0 unspecified atom stereocenters. The monoisotopic (exact) mass is 293 g/mol. The second kappa shape index (κ2) is 6.02. The summed E-state index contributed by atoms with van der Waals surface area (Å²) in [4.78, 5) is 8.98. The van der Waals surface area contributed by atoms with Gasteiger partial charge in [-0.25, -0.2) is 4.98 Å². The highest BCUT2D eigenvalue weighted by Gasteiger charge is 2.31. The van der Waals surface area contributed by atoms with Crippen LogP contribution < -0.4 is 10.2 Å². The molecule has 3 nitrogen and oxygen atoms in total. The van der Waals surface area contributed by atoms with Crippen LogP contribution in [0.3, 0.4) is 0 Å². The molecule has 0 atom stereocenters. The highest BCUT2D eigenvalue weighted by atomic mass is 32.1. The van der Waals surface area contributed by atoms with Crippen LogP contribution >= 0.6 is 11.3 Å². The summed E-state index contributed by atoms with van der Waals surface area (Å²) < 4.78 is 0. The third-order valence-electron chi connectivity index (χ3n) is 4.18. The number of nitrogens with zero attached hydrogens (tertiary/aromatic N) is 2. The maximum atomic E-state index is 5.01. The van der Waals surface area contributed by atoms with Crippen LogP contribution in [0.2, 0.25) is 0 Å². The van der Waals surface area contributed by atoms with Crippen molar-refractivity contribution in [3.8, 4) is 0 Å². The second-order valence-corrected chi connectivity index (χ2v) is 7.66. The lowest BCUT2D eigenvalue weighted by molar-refractivity contribution is 0.590. The third-order valence-corrected chi connectivity index (χ3v) is 5.31. The Bertz CT molecular complexity index is 447. The zero-order valence-electron chi connectivity index (χ0n) is 13.0. The molecule has 0 amide bonds. The molecule has 2 fully saturated rings. The van der Waals surface area contributed by atoms with E-state index in [1.165, 1.54) is 47.9 Å². The Morgan fingerprint density at radius 2 is 2.05 bits per heavy atom. The van der Waals surface area contributed by atoms with Crippen molar-refractivity contribution in [2.45, 2.75) is 65.0 Å². The van der Waals surface area contributed by atoms with E-state index in [1.807, 2.05) is 11.3 Å². The van der Waals surface area contributed by atoms with Gasteiger partial charge in [0.25, 0.3) is 0 Å². The molecule has 0 aromatic carbocycles. The van der Waals surface area contributed by atoms with E-state index in [-0.39, 0.29) is 0 Å². The van der Waals surface area contributed by atoms with Gasteiger partial charge >= 0.3 is 0 Å². The van der Waals surface area contributed by atoms with Crippen LogP contribution in [-0.2, 0) is 6.54 Å². The van der Waals surface area contributed by atoms with Gasteiger partial charge in [0.15, 0.2) is 5.13 Å². The molecule has 0 aliphatic heterocycles. The number of hydrogen-bond acceptors (Lipinski definition) is 4. The minimum Gasteiger partial charge on any atom is -0.348 e. The van der Waals surface area contributed by atoms with Gasteiger partial charge in [0, 0.05) is 36.5 Å². The van der Waals surface area contributed by atoms with Crippen molar-refractivity contribution in [3.05, 3.63) is 10.6 Å². The minimum atomic E-state index is 0.543.